The summed E-state index contributed by atoms with van der Waals surface area (Å²) in [6.45, 7) is 0.783. The Hall–Kier alpha value is -2.50. The maximum Gasteiger partial charge on any atom is 0.337 e. The molecule has 0 radical (unpaired) electrons. The fourth-order valence-electron chi connectivity index (χ4n) is 1.49. The fraction of sp³-hybridized carbons (Fsp3) is 0.231. The molecule has 0 aliphatic carbocycles. The van der Waals surface area contributed by atoms with Gasteiger partial charge in [-0.2, -0.15) is 0 Å². The molecule has 19 heavy (non-hydrogen) atoms. The molecule has 1 aromatic carbocycles. The fourth-order valence-corrected chi connectivity index (χ4v) is 1.49. The standard InChI is InChI=1S/C13H13NO5/c1-17-13(16)9-2-4-10(5-3-9)14-12(15)11-8-18-6-7-19-11/h2-5,8H,6-7H2,1H3,(H,14,15). The van der Waals surface area contributed by atoms with E-state index in [9.17, 15) is 9.59 Å². The van der Waals surface area contributed by atoms with Crippen molar-refractivity contribution in [2.75, 3.05) is 25.6 Å². The van der Waals surface area contributed by atoms with Crippen LogP contribution in [0.5, 0.6) is 0 Å². The number of benzene rings is 1. The summed E-state index contributed by atoms with van der Waals surface area (Å²) >= 11 is 0. The number of nitrogens with one attached hydrogen (secondary N) is 1. The molecular formula is C13H13NO5. The van der Waals surface area contributed by atoms with Gasteiger partial charge >= 0.3 is 5.97 Å². The second kappa shape index (κ2) is 5.90. The van der Waals surface area contributed by atoms with Crippen molar-refractivity contribution in [2.24, 2.45) is 0 Å². The Kier molecular flexibility index (Phi) is 4.02. The van der Waals surface area contributed by atoms with E-state index in [2.05, 4.69) is 10.1 Å². The maximum absolute atomic E-state index is 11.8. The molecule has 6 nitrogen and oxygen atoms in total. The minimum atomic E-state index is -0.426. The second-order valence-electron chi connectivity index (χ2n) is 3.72. The molecule has 0 fully saturated rings. The van der Waals surface area contributed by atoms with Crippen LogP contribution in [0.4, 0.5) is 5.69 Å². The van der Waals surface area contributed by atoms with Crippen LogP contribution in [0.15, 0.2) is 36.3 Å². The number of anilines is 1. The number of ether oxygens (including phenoxy) is 3. The lowest BCUT2D eigenvalue weighted by atomic mass is 10.2. The monoisotopic (exact) mass is 263 g/mol. The number of methoxy groups -OCH3 is 1. The third-order valence-electron chi connectivity index (χ3n) is 2.44. The molecule has 0 spiro atoms. The maximum atomic E-state index is 11.8. The lowest BCUT2D eigenvalue weighted by Crippen LogP contribution is -2.21. The predicted molar refractivity (Wildman–Crippen MR) is 66.4 cm³/mol. The molecule has 0 unspecified atom stereocenters. The molecule has 1 N–H and O–H groups in total. The third-order valence-corrected chi connectivity index (χ3v) is 2.44. The zero-order valence-corrected chi connectivity index (χ0v) is 10.3. The van der Waals surface area contributed by atoms with Crippen LogP contribution in [-0.4, -0.2) is 32.2 Å². The summed E-state index contributed by atoms with van der Waals surface area (Å²) in [6.07, 6.45) is 1.28. The molecule has 0 atom stereocenters. The number of carbonyl (C=O) groups excluding carboxylic acids is 2. The van der Waals surface area contributed by atoms with Gasteiger partial charge in [-0.25, -0.2) is 4.79 Å². The summed E-state index contributed by atoms with van der Waals surface area (Å²) in [7, 11) is 1.31. The summed E-state index contributed by atoms with van der Waals surface area (Å²) < 4.78 is 14.7. The van der Waals surface area contributed by atoms with Crippen LogP contribution in [0.25, 0.3) is 0 Å². The van der Waals surface area contributed by atoms with E-state index >= 15 is 0 Å². The number of hydrogen-bond acceptors (Lipinski definition) is 5. The lowest BCUT2D eigenvalue weighted by Gasteiger charge is -2.15. The number of hydrogen-bond donors (Lipinski definition) is 1. The Morgan fingerprint density at radius 1 is 1.21 bits per heavy atom. The molecule has 1 aliphatic heterocycles. The number of rotatable bonds is 3. The zero-order valence-electron chi connectivity index (χ0n) is 10.3. The highest BCUT2D eigenvalue weighted by molar-refractivity contribution is 6.02. The van der Waals surface area contributed by atoms with Crippen LogP contribution < -0.4 is 5.32 Å². The van der Waals surface area contributed by atoms with Crippen molar-refractivity contribution in [3.63, 3.8) is 0 Å². The molecule has 1 aliphatic rings. The van der Waals surface area contributed by atoms with E-state index in [0.29, 0.717) is 24.5 Å². The highest BCUT2D eigenvalue weighted by Gasteiger charge is 2.15. The summed E-state index contributed by atoms with van der Waals surface area (Å²) in [5, 5.41) is 2.63. The Morgan fingerprint density at radius 3 is 2.53 bits per heavy atom. The topological polar surface area (TPSA) is 73.9 Å². The summed E-state index contributed by atoms with van der Waals surface area (Å²) in [5.41, 5.74) is 0.963. The van der Waals surface area contributed by atoms with Crippen LogP contribution in [-0.2, 0) is 19.0 Å². The van der Waals surface area contributed by atoms with E-state index in [1.54, 1.807) is 24.3 Å². The Morgan fingerprint density at radius 2 is 1.95 bits per heavy atom. The molecule has 100 valence electrons. The molecule has 0 saturated carbocycles. The van der Waals surface area contributed by atoms with Crippen LogP contribution in [0.3, 0.4) is 0 Å². The van der Waals surface area contributed by atoms with E-state index in [4.69, 9.17) is 9.47 Å². The van der Waals surface area contributed by atoms with Gasteiger partial charge in [0.2, 0.25) is 5.76 Å². The molecular weight excluding hydrogens is 250 g/mol. The Balaban J connectivity index is 2.01. The van der Waals surface area contributed by atoms with E-state index in [1.807, 2.05) is 0 Å². The van der Waals surface area contributed by atoms with E-state index < -0.39 is 11.9 Å². The summed E-state index contributed by atoms with van der Waals surface area (Å²) in [4.78, 5) is 23.0. The lowest BCUT2D eigenvalue weighted by molar-refractivity contribution is -0.117. The molecule has 6 heteroatoms. The average Bonchev–Trinajstić information content (AvgIpc) is 2.48. The van der Waals surface area contributed by atoms with Crippen molar-refractivity contribution in [3.8, 4) is 0 Å². The van der Waals surface area contributed by atoms with Gasteiger partial charge in [0.25, 0.3) is 5.91 Å². The zero-order chi connectivity index (χ0) is 13.7. The normalized spacial score (nSPS) is 13.6. The average molecular weight is 263 g/mol. The van der Waals surface area contributed by atoms with Crippen LogP contribution in [0, 0.1) is 0 Å². The van der Waals surface area contributed by atoms with Crippen molar-refractivity contribution < 1.29 is 23.8 Å². The molecule has 2 rings (SSSR count). The van der Waals surface area contributed by atoms with Crippen molar-refractivity contribution in [1.29, 1.82) is 0 Å². The molecule has 0 aromatic heterocycles. The van der Waals surface area contributed by atoms with Crippen LogP contribution >= 0.6 is 0 Å². The van der Waals surface area contributed by atoms with Crippen molar-refractivity contribution in [1.82, 2.24) is 0 Å². The van der Waals surface area contributed by atoms with Gasteiger partial charge in [-0.3, -0.25) is 4.79 Å². The largest absolute Gasteiger partial charge is 0.494 e. The number of amides is 1. The van der Waals surface area contributed by atoms with Gasteiger partial charge in [0.15, 0.2) is 0 Å². The van der Waals surface area contributed by atoms with E-state index in [-0.39, 0.29) is 5.76 Å². The van der Waals surface area contributed by atoms with Gasteiger partial charge in [-0.1, -0.05) is 0 Å². The minimum absolute atomic E-state index is 0.128. The van der Waals surface area contributed by atoms with Gasteiger partial charge < -0.3 is 19.5 Å². The van der Waals surface area contributed by atoms with Gasteiger partial charge in [-0.15, -0.1) is 0 Å². The SMILES string of the molecule is COC(=O)c1ccc(NC(=O)C2=COCCO2)cc1. The van der Waals surface area contributed by atoms with Crippen LogP contribution in [0.1, 0.15) is 10.4 Å². The van der Waals surface area contributed by atoms with Crippen molar-refractivity contribution >= 4 is 17.6 Å². The molecule has 1 heterocycles. The summed E-state index contributed by atoms with van der Waals surface area (Å²) in [5.74, 6) is -0.696. The Labute approximate surface area is 110 Å². The Bertz CT molecular complexity index is 506. The first-order valence-corrected chi connectivity index (χ1v) is 5.65. The molecule has 0 bridgehead atoms. The van der Waals surface area contributed by atoms with Crippen molar-refractivity contribution in [2.45, 2.75) is 0 Å². The third kappa shape index (κ3) is 3.25. The van der Waals surface area contributed by atoms with E-state index in [0.717, 1.165) is 0 Å². The minimum Gasteiger partial charge on any atom is -0.494 e. The van der Waals surface area contributed by atoms with Gasteiger partial charge in [0.1, 0.15) is 19.5 Å². The van der Waals surface area contributed by atoms with Crippen molar-refractivity contribution in [3.05, 3.63) is 41.9 Å². The molecule has 1 amide bonds. The number of esters is 1. The first-order chi connectivity index (χ1) is 9.20. The highest BCUT2D eigenvalue weighted by atomic mass is 16.6. The van der Waals surface area contributed by atoms with E-state index in [1.165, 1.54) is 13.4 Å². The predicted octanol–water partition coefficient (Wildman–Crippen LogP) is 1.30. The molecule has 1 aromatic rings. The van der Waals surface area contributed by atoms with Gasteiger partial charge in [-0.05, 0) is 24.3 Å². The van der Waals surface area contributed by atoms with Gasteiger partial charge in [0, 0.05) is 5.69 Å². The first-order valence-electron chi connectivity index (χ1n) is 5.65. The second-order valence-corrected chi connectivity index (χ2v) is 3.72. The smallest absolute Gasteiger partial charge is 0.337 e. The summed E-state index contributed by atoms with van der Waals surface area (Å²) in [6, 6.07) is 6.34. The quantitative estimate of drug-likeness (QED) is 0.832. The first kappa shape index (κ1) is 12.9. The number of carbonyl (C=O) groups is 2. The highest BCUT2D eigenvalue weighted by Crippen LogP contribution is 2.13. The van der Waals surface area contributed by atoms with Crippen LogP contribution in [0.2, 0.25) is 0 Å². The van der Waals surface area contributed by atoms with Gasteiger partial charge in [0.05, 0.1) is 12.7 Å². The molecule has 0 saturated heterocycles.